The van der Waals surface area contributed by atoms with Gasteiger partial charge in [-0.3, -0.25) is 9.59 Å². The molecule has 28 heavy (non-hydrogen) atoms. The number of amides is 2. The second kappa shape index (κ2) is 8.04. The number of hydrogen-bond acceptors (Lipinski definition) is 2. The van der Waals surface area contributed by atoms with E-state index in [0.717, 1.165) is 23.3 Å². The molecule has 0 saturated carbocycles. The molecule has 148 valence electrons. The van der Waals surface area contributed by atoms with Crippen molar-refractivity contribution in [2.75, 3.05) is 13.1 Å². The van der Waals surface area contributed by atoms with E-state index < -0.39 is 28.9 Å². The quantitative estimate of drug-likeness (QED) is 0.812. The van der Waals surface area contributed by atoms with Crippen LogP contribution in [0, 0.1) is 31.3 Å². The molecular formula is C21H21F3N2O2. The molecule has 1 heterocycles. The van der Waals surface area contributed by atoms with Gasteiger partial charge in [-0.15, -0.1) is 0 Å². The average molecular weight is 390 g/mol. The number of carbonyl (C=O) groups is 2. The predicted octanol–water partition coefficient (Wildman–Crippen LogP) is 3.76. The van der Waals surface area contributed by atoms with Crippen molar-refractivity contribution < 1.29 is 22.8 Å². The molecule has 0 spiro atoms. The minimum atomic E-state index is -1.65. The number of hydrogen-bond donors (Lipinski definition) is 1. The zero-order valence-corrected chi connectivity index (χ0v) is 15.7. The highest BCUT2D eigenvalue weighted by molar-refractivity contribution is 5.95. The van der Waals surface area contributed by atoms with Crippen molar-refractivity contribution in [2.24, 2.45) is 0 Å². The largest absolute Gasteiger partial charge is 0.349 e. The van der Waals surface area contributed by atoms with E-state index in [1.165, 1.54) is 4.90 Å². The number of nitrogens with one attached hydrogen (secondary N) is 1. The molecule has 2 amide bonds. The van der Waals surface area contributed by atoms with Crippen LogP contribution < -0.4 is 5.32 Å². The van der Waals surface area contributed by atoms with Crippen molar-refractivity contribution in [3.8, 4) is 0 Å². The van der Waals surface area contributed by atoms with Crippen molar-refractivity contribution in [1.29, 1.82) is 0 Å². The molecule has 1 aliphatic rings. The Morgan fingerprint density at radius 2 is 1.64 bits per heavy atom. The maximum Gasteiger partial charge on any atom is 0.256 e. The van der Waals surface area contributed by atoms with Crippen molar-refractivity contribution >= 4 is 11.8 Å². The third kappa shape index (κ3) is 4.03. The van der Waals surface area contributed by atoms with Crippen LogP contribution in [-0.2, 0) is 0 Å². The Hall–Kier alpha value is -2.83. The topological polar surface area (TPSA) is 49.4 Å². The van der Waals surface area contributed by atoms with Crippen molar-refractivity contribution in [1.82, 2.24) is 10.2 Å². The Balaban J connectivity index is 1.60. The van der Waals surface area contributed by atoms with Gasteiger partial charge in [0.25, 0.3) is 11.8 Å². The Kier molecular flexibility index (Phi) is 5.72. The maximum absolute atomic E-state index is 13.8. The van der Waals surface area contributed by atoms with Gasteiger partial charge in [-0.1, -0.05) is 6.07 Å². The lowest BCUT2D eigenvalue weighted by Gasteiger charge is -2.32. The lowest BCUT2D eigenvalue weighted by Crippen LogP contribution is -2.46. The number of nitrogens with zero attached hydrogens (tertiary/aromatic N) is 1. The molecule has 1 N–H and O–H groups in total. The van der Waals surface area contributed by atoms with E-state index in [1.807, 2.05) is 26.0 Å². The molecule has 4 nitrogen and oxygen atoms in total. The summed E-state index contributed by atoms with van der Waals surface area (Å²) in [4.78, 5) is 26.2. The predicted molar refractivity (Wildman–Crippen MR) is 98.6 cm³/mol. The van der Waals surface area contributed by atoms with Crippen LogP contribution in [0.5, 0.6) is 0 Å². The molecule has 0 unspecified atom stereocenters. The van der Waals surface area contributed by atoms with E-state index in [0.29, 0.717) is 18.4 Å². The molecule has 0 bridgehead atoms. The van der Waals surface area contributed by atoms with Gasteiger partial charge in [-0.2, -0.15) is 0 Å². The van der Waals surface area contributed by atoms with Crippen LogP contribution >= 0.6 is 0 Å². The first-order chi connectivity index (χ1) is 13.3. The zero-order valence-electron chi connectivity index (χ0n) is 15.7. The molecule has 7 heteroatoms. The molecule has 1 saturated heterocycles. The van der Waals surface area contributed by atoms with E-state index in [9.17, 15) is 22.8 Å². The van der Waals surface area contributed by atoms with Crippen molar-refractivity contribution in [3.63, 3.8) is 0 Å². The highest BCUT2D eigenvalue weighted by Gasteiger charge is 2.28. The van der Waals surface area contributed by atoms with Gasteiger partial charge in [-0.25, -0.2) is 13.2 Å². The summed E-state index contributed by atoms with van der Waals surface area (Å²) >= 11 is 0. The summed E-state index contributed by atoms with van der Waals surface area (Å²) in [6.45, 7) is 4.48. The van der Waals surface area contributed by atoms with E-state index >= 15 is 0 Å². The number of halogens is 3. The van der Waals surface area contributed by atoms with Crippen LogP contribution in [0.2, 0.25) is 0 Å². The Morgan fingerprint density at radius 3 is 2.29 bits per heavy atom. The van der Waals surface area contributed by atoms with Gasteiger partial charge < -0.3 is 10.2 Å². The first kappa shape index (κ1) is 19.9. The smallest absolute Gasteiger partial charge is 0.256 e. The van der Waals surface area contributed by atoms with Gasteiger partial charge in [0, 0.05) is 24.7 Å². The first-order valence-corrected chi connectivity index (χ1v) is 9.09. The number of piperidine rings is 1. The van der Waals surface area contributed by atoms with Gasteiger partial charge in [0.05, 0.1) is 5.56 Å². The van der Waals surface area contributed by atoms with E-state index in [2.05, 4.69) is 5.32 Å². The molecule has 2 aromatic rings. The molecule has 1 fully saturated rings. The molecule has 0 atom stereocenters. The highest BCUT2D eigenvalue weighted by atomic mass is 19.2. The molecule has 0 radical (unpaired) electrons. The van der Waals surface area contributed by atoms with E-state index in [-0.39, 0.29) is 25.0 Å². The number of benzene rings is 2. The molecule has 1 aliphatic heterocycles. The van der Waals surface area contributed by atoms with Crippen LogP contribution in [0.15, 0.2) is 30.3 Å². The Morgan fingerprint density at radius 1 is 0.964 bits per heavy atom. The molecular weight excluding hydrogens is 369 g/mol. The van der Waals surface area contributed by atoms with Gasteiger partial charge in [-0.05, 0) is 62.1 Å². The summed E-state index contributed by atoms with van der Waals surface area (Å²) in [5.41, 5.74) is 2.22. The molecule has 2 aromatic carbocycles. The van der Waals surface area contributed by atoms with Gasteiger partial charge in [0.15, 0.2) is 17.5 Å². The first-order valence-electron chi connectivity index (χ1n) is 9.09. The summed E-state index contributed by atoms with van der Waals surface area (Å²) < 4.78 is 40.3. The third-order valence-electron chi connectivity index (χ3n) is 5.15. The second-order valence-electron chi connectivity index (χ2n) is 7.06. The van der Waals surface area contributed by atoms with Crippen LogP contribution in [0.4, 0.5) is 13.2 Å². The minimum Gasteiger partial charge on any atom is -0.349 e. The Labute approximate surface area is 161 Å². The summed E-state index contributed by atoms with van der Waals surface area (Å²) in [5.74, 6) is -5.33. The SMILES string of the molecule is Cc1ccc(C(=O)NC2CCN(C(=O)c3ccc(F)c(F)c3F)CC2)cc1C. The standard InChI is InChI=1S/C21H21F3N2O2/c1-12-3-4-14(11-13(12)2)20(27)25-15-7-9-26(10-8-15)21(28)16-5-6-17(22)19(24)18(16)23/h3-6,11,15H,7-10H2,1-2H3,(H,25,27). The molecule has 0 aliphatic carbocycles. The lowest BCUT2D eigenvalue weighted by molar-refractivity contribution is 0.0692. The number of aryl methyl sites for hydroxylation is 2. The summed E-state index contributed by atoms with van der Waals surface area (Å²) in [6.07, 6.45) is 0.987. The fourth-order valence-corrected chi connectivity index (χ4v) is 3.24. The van der Waals surface area contributed by atoms with Crippen LogP contribution in [0.1, 0.15) is 44.7 Å². The monoisotopic (exact) mass is 390 g/mol. The average Bonchev–Trinajstić information content (AvgIpc) is 2.68. The third-order valence-corrected chi connectivity index (χ3v) is 5.15. The maximum atomic E-state index is 13.8. The van der Waals surface area contributed by atoms with Crippen LogP contribution in [-0.4, -0.2) is 35.8 Å². The number of carbonyl (C=O) groups excluding carboxylic acids is 2. The highest BCUT2D eigenvalue weighted by Crippen LogP contribution is 2.20. The molecule has 3 rings (SSSR count). The van der Waals surface area contributed by atoms with Gasteiger partial charge in [0.2, 0.25) is 0 Å². The summed E-state index contributed by atoms with van der Waals surface area (Å²) in [6, 6.07) is 7.05. The van der Waals surface area contributed by atoms with Crippen LogP contribution in [0.3, 0.4) is 0 Å². The van der Waals surface area contributed by atoms with Crippen molar-refractivity contribution in [2.45, 2.75) is 32.7 Å². The zero-order chi connectivity index (χ0) is 20.4. The number of likely N-dealkylation sites (tertiary alicyclic amines) is 1. The Bertz CT molecular complexity index is 922. The van der Waals surface area contributed by atoms with E-state index in [1.54, 1.807) is 6.07 Å². The minimum absolute atomic E-state index is 0.118. The number of rotatable bonds is 3. The lowest BCUT2D eigenvalue weighted by atomic mass is 10.0. The van der Waals surface area contributed by atoms with Gasteiger partial charge >= 0.3 is 0 Å². The second-order valence-corrected chi connectivity index (χ2v) is 7.06. The van der Waals surface area contributed by atoms with Crippen molar-refractivity contribution in [3.05, 3.63) is 70.0 Å². The summed E-state index contributed by atoms with van der Waals surface area (Å²) in [5, 5.41) is 2.95. The van der Waals surface area contributed by atoms with Gasteiger partial charge in [0.1, 0.15) is 0 Å². The van der Waals surface area contributed by atoms with Crippen LogP contribution in [0.25, 0.3) is 0 Å². The van der Waals surface area contributed by atoms with E-state index in [4.69, 9.17) is 0 Å². The summed E-state index contributed by atoms with van der Waals surface area (Å²) in [7, 11) is 0. The fraction of sp³-hybridized carbons (Fsp3) is 0.333. The molecule has 0 aromatic heterocycles. The fourth-order valence-electron chi connectivity index (χ4n) is 3.24. The normalized spacial score (nSPS) is 14.8.